The fourth-order valence-electron chi connectivity index (χ4n) is 4.53. The van der Waals surface area contributed by atoms with E-state index in [0.717, 1.165) is 0 Å². The number of esters is 4. The van der Waals surface area contributed by atoms with Crippen LogP contribution in [0, 0.1) is 12.3 Å². The summed E-state index contributed by atoms with van der Waals surface area (Å²) >= 11 is 0. The fraction of sp³-hybridized carbons (Fsp3) is 0.143. The van der Waals surface area contributed by atoms with E-state index in [-0.39, 0.29) is 22.3 Å². The molecule has 0 aromatic heterocycles. The van der Waals surface area contributed by atoms with Crippen LogP contribution in [0.5, 0.6) is 0 Å². The van der Waals surface area contributed by atoms with Gasteiger partial charge in [0.05, 0.1) is 22.3 Å². The van der Waals surface area contributed by atoms with Crippen molar-refractivity contribution >= 4 is 23.9 Å². The summed E-state index contributed by atoms with van der Waals surface area (Å²) in [7, 11) is 0. The van der Waals surface area contributed by atoms with Gasteiger partial charge < -0.3 is 23.7 Å². The Balaban J connectivity index is 1.52. The van der Waals surface area contributed by atoms with Gasteiger partial charge in [0.1, 0.15) is 12.7 Å². The Morgan fingerprint density at radius 2 is 1.02 bits per heavy atom. The summed E-state index contributed by atoms with van der Waals surface area (Å²) in [6.07, 6.45) is 1.36. The van der Waals surface area contributed by atoms with Gasteiger partial charge in [-0.15, -0.1) is 6.42 Å². The first-order valence-electron chi connectivity index (χ1n) is 13.6. The normalized spacial score (nSPS) is 20.5. The average Bonchev–Trinajstić information content (AvgIpc) is 3.35. The van der Waals surface area contributed by atoms with E-state index < -0.39 is 54.6 Å². The van der Waals surface area contributed by atoms with E-state index in [1.54, 1.807) is 84.9 Å². The summed E-state index contributed by atoms with van der Waals surface area (Å²) in [6.45, 7) is -0.494. The van der Waals surface area contributed by atoms with E-state index in [4.69, 9.17) is 30.1 Å². The number of ether oxygens (including phenoxy) is 5. The minimum Gasteiger partial charge on any atom is -0.459 e. The molecule has 1 fully saturated rings. The van der Waals surface area contributed by atoms with Gasteiger partial charge in [-0.2, -0.15) is 0 Å². The van der Waals surface area contributed by atoms with Crippen molar-refractivity contribution < 1.29 is 42.9 Å². The molecule has 0 N–H and O–H groups in total. The maximum Gasteiger partial charge on any atom is 0.340 e. The van der Waals surface area contributed by atoms with Gasteiger partial charge in [-0.25, -0.2) is 19.2 Å². The van der Waals surface area contributed by atoms with Gasteiger partial charge in [-0.05, 0) is 54.5 Å². The number of carbonyl (C=O) groups excluding carboxylic acids is 4. The highest BCUT2D eigenvalue weighted by Gasteiger charge is 2.64. The molecule has 1 heterocycles. The molecule has 9 nitrogen and oxygen atoms in total. The molecule has 44 heavy (non-hydrogen) atoms. The quantitative estimate of drug-likeness (QED) is 0.153. The van der Waals surface area contributed by atoms with Crippen molar-refractivity contribution in [3.8, 4) is 12.3 Å². The molecule has 0 aliphatic carbocycles. The Bertz CT molecular complexity index is 1650. The number of carbonyl (C=O) groups is 4. The largest absolute Gasteiger partial charge is 0.459 e. The molecule has 4 atom stereocenters. The van der Waals surface area contributed by atoms with Crippen LogP contribution in [0.1, 0.15) is 41.4 Å². The monoisotopic (exact) mass is 590 g/mol. The predicted molar refractivity (Wildman–Crippen MR) is 156 cm³/mol. The molecule has 9 heteroatoms. The molecule has 1 saturated heterocycles. The van der Waals surface area contributed by atoms with Crippen LogP contribution >= 0.6 is 0 Å². The molecule has 220 valence electrons. The Hall–Kier alpha value is -5.72. The zero-order valence-corrected chi connectivity index (χ0v) is 23.2. The van der Waals surface area contributed by atoms with E-state index in [1.165, 1.54) is 36.4 Å². The van der Waals surface area contributed by atoms with E-state index in [2.05, 4.69) is 5.92 Å². The van der Waals surface area contributed by atoms with Crippen molar-refractivity contribution in [2.24, 2.45) is 0 Å². The lowest BCUT2D eigenvalue weighted by Crippen LogP contribution is -2.54. The highest BCUT2D eigenvalue weighted by atomic mass is 16.8. The van der Waals surface area contributed by atoms with Gasteiger partial charge in [0.2, 0.25) is 0 Å². The summed E-state index contributed by atoms with van der Waals surface area (Å²) in [5.74, 6) is -0.885. The first-order chi connectivity index (χ1) is 21.4. The smallest absolute Gasteiger partial charge is 0.340 e. The van der Waals surface area contributed by atoms with Crippen LogP contribution in [0.15, 0.2) is 121 Å². The minimum atomic E-state index is -2.29. The third kappa shape index (κ3) is 6.51. The van der Waals surface area contributed by atoms with Crippen LogP contribution in [0.4, 0.5) is 0 Å². The Morgan fingerprint density at radius 3 is 1.48 bits per heavy atom. The first kappa shape index (κ1) is 29.8. The topological polar surface area (TPSA) is 114 Å². The summed E-state index contributed by atoms with van der Waals surface area (Å²) in [5, 5.41) is 0. The Morgan fingerprint density at radius 1 is 0.614 bits per heavy atom. The average molecular weight is 591 g/mol. The predicted octanol–water partition coefficient (Wildman–Crippen LogP) is 4.88. The Kier molecular flexibility index (Phi) is 9.13. The maximum atomic E-state index is 13.4. The lowest BCUT2D eigenvalue weighted by molar-refractivity contribution is -0.161. The Labute approximate surface area is 253 Å². The minimum absolute atomic E-state index is 0.127. The summed E-state index contributed by atoms with van der Waals surface area (Å²) in [5.41, 5.74) is -1.58. The fourth-order valence-corrected chi connectivity index (χ4v) is 4.53. The summed E-state index contributed by atoms with van der Waals surface area (Å²) in [4.78, 5) is 52.7. The van der Waals surface area contributed by atoms with Crippen molar-refractivity contribution in [3.05, 3.63) is 144 Å². The first-order valence-corrected chi connectivity index (χ1v) is 13.6. The second kappa shape index (κ2) is 13.5. The van der Waals surface area contributed by atoms with Crippen molar-refractivity contribution in [2.75, 3.05) is 6.61 Å². The lowest BCUT2D eigenvalue weighted by Gasteiger charge is -2.32. The second-order valence-electron chi connectivity index (χ2n) is 9.63. The standard InChI is InChI=1S/C35H26O9/c1-2-35(44-33(39)27-21-13-6-14-22-27)29(42-31(37)25-17-9-4-10-18-25)28(23-40-30(36)24-15-7-3-8-16-24)41-34(35)43-32(38)26-19-11-5-12-20-26/h1,3-22,28-29,34H,23H2/t28-,29-,34?,35-/m1/s1. The number of benzene rings is 4. The molecular formula is C35H26O9. The molecule has 0 radical (unpaired) electrons. The van der Waals surface area contributed by atoms with Gasteiger partial charge >= 0.3 is 23.9 Å². The SMILES string of the molecule is C#C[C@]1(OC(=O)c2ccccc2)C(OC(=O)c2ccccc2)O[C@H](COC(=O)c2ccccc2)[C@H]1OC(=O)c1ccccc1. The highest BCUT2D eigenvalue weighted by molar-refractivity contribution is 5.92. The van der Waals surface area contributed by atoms with Crippen molar-refractivity contribution in [3.63, 3.8) is 0 Å². The van der Waals surface area contributed by atoms with Crippen LogP contribution in [0.3, 0.4) is 0 Å². The maximum absolute atomic E-state index is 13.4. The number of rotatable bonds is 9. The van der Waals surface area contributed by atoms with Crippen molar-refractivity contribution in [1.29, 1.82) is 0 Å². The molecule has 1 aliphatic heterocycles. The third-order valence-electron chi connectivity index (χ3n) is 6.76. The molecule has 4 aromatic rings. The number of terminal acetylenes is 1. The zero-order chi connectivity index (χ0) is 30.9. The molecular weight excluding hydrogens is 564 g/mol. The molecule has 0 amide bonds. The molecule has 5 rings (SSSR count). The van der Waals surface area contributed by atoms with Gasteiger partial charge in [0, 0.05) is 0 Å². The molecule has 1 aliphatic rings. The highest BCUT2D eigenvalue weighted by Crippen LogP contribution is 2.39. The van der Waals surface area contributed by atoms with Gasteiger partial charge in [-0.3, -0.25) is 0 Å². The van der Waals surface area contributed by atoms with Crippen LogP contribution < -0.4 is 0 Å². The molecule has 4 aromatic carbocycles. The van der Waals surface area contributed by atoms with Crippen LogP contribution in [0.2, 0.25) is 0 Å². The molecule has 1 unspecified atom stereocenters. The van der Waals surface area contributed by atoms with Crippen LogP contribution in [0.25, 0.3) is 0 Å². The van der Waals surface area contributed by atoms with E-state index in [0.29, 0.717) is 0 Å². The number of hydrogen-bond acceptors (Lipinski definition) is 9. The second-order valence-corrected chi connectivity index (χ2v) is 9.63. The molecule has 0 bridgehead atoms. The molecule has 0 spiro atoms. The third-order valence-corrected chi connectivity index (χ3v) is 6.76. The van der Waals surface area contributed by atoms with Crippen molar-refractivity contribution in [2.45, 2.75) is 24.1 Å². The van der Waals surface area contributed by atoms with E-state index >= 15 is 0 Å². The molecule has 0 saturated carbocycles. The van der Waals surface area contributed by atoms with Crippen LogP contribution in [-0.4, -0.2) is 54.6 Å². The van der Waals surface area contributed by atoms with E-state index in [9.17, 15) is 19.2 Å². The van der Waals surface area contributed by atoms with E-state index in [1.807, 2.05) is 0 Å². The van der Waals surface area contributed by atoms with Crippen LogP contribution in [-0.2, 0) is 23.7 Å². The lowest BCUT2D eigenvalue weighted by atomic mass is 9.94. The summed E-state index contributed by atoms with van der Waals surface area (Å²) in [6, 6.07) is 32.1. The van der Waals surface area contributed by atoms with Gasteiger partial charge in [0.25, 0.3) is 11.9 Å². The van der Waals surface area contributed by atoms with Gasteiger partial charge in [0.15, 0.2) is 6.10 Å². The zero-order valence-electron chi connectivity index (χ0n) is 23.2. The van der Waals surface area contributed by atoms with Gasteiger partial charge in [-0.1, -0.05) is 72.8 Å². The number of hydrogen-bond donors (Lipinski definition) is 0. The van der Waals surface area contributed by atoms with Crippen molar-refractivity contribution in [1.82, 2.24) is 0 Å². The summed E-state index contributed by atoms with van der Waals surface area (Å²) < 4.78 is 28.9.